The van der Waals surface area contributed by atoms with Gasteiger partial charge in [-0.1, -0.05) is 19.8 Å². The minimum atomic E-state index is -0.276. The molecule has 1 heterocycles. The highest BCUT2D eigenvalue weighted by atomic mass is 16.5. The summed E-state index contributed by atoms with van der Waals surface area (Å²) in [6, 6.07) is 1.87. The van der Waals surface area contributed by atoms with Gasteiger partial charge in [0.15, 0.2) is 5.82 Å². The molecule has 0 amide bonds. The molecule has 1 fully saturated rings. The number of anilines is 2. The molecule has 6 heteroatoms. The summed E-state index contributed by atoms with van der Waals surface area (Å²) in [4.78, 5) is 8.83. The van der Waals surface area contributed by atoms with E-state index < -0.39 is 0 Å². The van der Waals surface area contributed by atoms with Gasteiger partial charge in [0.25, 0.3) is 0 Å². The number of ether oxygens (including phenoxy) is 1. The van der Waals surface area contributed by atoms with Crippen LogP contribution in [0.4, 0.5) is 11.6 Å². The maximum atomic E-state index is 9.87. The average Bonchev–Trinajstić information content (AvgIpc) is 2.47. The molecule has 0 radical (unpaired) electrons. The van der Waals surface area contributed by atoms with Crippen LogP contribution in [0.5, 0.6) is 0 Å². The van der Waals surface area contributed by atoms with Crippen molar-refractivity contribution in [2.45, 2.75) is 44.8 Å². The Kier molecular flexibility index (Phi) is 5.36. The second kappa shape index (κ2) is 7.04. The minimum absolute atomic E-state index is 0.121. The third-order valence-corrected chi connectivity index (χ3v) is 4.09. The van der Waals surface area contributed by atoms with Crippen LogP contribution in [-0.4, -0.2) is 41.4 Å². The molecular weight excluding hydrogens is 268 g/mol. The SMILES string of the molecule is CNc1cc(NC2(CO)CCCC(C)C2)nc(COC)n1. The average molecular weight is 294 g/mol. The Morgan fingerprint density at radius 3 is 2.81 bits per heavy atom. The van der Waals surface area contributed by atoms with E-state index in [0.717, 1.165) is 30.9 Å². The van der Waals surface area contributed by atoms with E-state index in [1.165, 1.54) is 6.42 Å². The van der Waals surface area contributed by atoms with E-state index in [1.54, 1.807) is 7.11 Å². The fourth-order valence-corrected chi connectivity index (χ4v) is 3.11. The first-order valence-corrected chi connectivity index (χ1v) is 7.54. The molecule has 21 heavy (non-hydrogen) atoms. The highest BCUT2D eigenvalue weighted by molar-refractivity contribution is 5.48. The van der Waals surface area contributed by atoms with E-state index >= 15 is 0 Å². The summed E-state index contributed by atoms with van der Waals surface area (Å²) in [5, 5.41) is 16.4. The molecule has 0 aromatic carbocycles. The number of aliphatic hydroxyl groups excluding tert-OH is 1. The van der Waals surface area contributed by atoms with Crippen LogP contribution in [0.1, 0.15) is 38.4 Å². The Morgan fingerprint density at radius 2 is 2.19 bits per heavy atom. The highest BCUT2D eigenvalue weighted by Crippen LogP contribution is 2.34. The summed E-state index contributed by atoms with van der Waals surface area (Å²) in [7, 11) is 3.45. The molecule has 0 aliphatic heterocycles. The minimum Gasteiger partial charge on any atom is -0.394 e. The van der Waals surface area contributed by atoms with Crippen LogP contribution >= 0.6 is 0 Å². The number of nitrogens with one attached hydrogen (secondary N) is 2. The van der Waals surface area contributed by atoms with E-state index in [-0.39, 0.29) is 12.1 Å². The van der Waals surface area contributed by atoms with E-state index in [9.17, 15) is 5.11 Å². The van der Waals surface area contributed by atoms with Crippen molar-refractivity contribution in [2.24, 2.45) is 5.92 Å². The Hall–Kier alpha value is -1.40. The summed E-state index contributed by atoms with van der Waals surface area (Å²) in [6.45, 7) is 2.73. The molecule has 1 aromatic heterocycles. The maximum Gasteiger partial charge on any atom is 0.158 e. The van der Waals surface area contributed by atoms with Crippen molar-refractivity contribution in [3.05, 3.63) is 11.9 Å². The van der Waals surface area contributed by atoms with E-state index in [2.05, 4.69) is 27.5 Å². The molecule has 1 aliphatic carbocycles. The van der Waals surface area contributed by atoms with Crippen molar-refractivity contribution in [3.8, 4) is 0 Å². The lowest BCUT2D eigenvalue weighted by atomic mass is 9.77. The van der Waals surface area contributed by atoms with Gasteiger partial charge < -0.3 is 20.5 Å². The predicted octanol–water partition coefficient (Wildman–Crippen LogP) is 2.02. The number of aromatic nitrogens is 2. The zero-order chi connectivity index (χ0) is 15.3. The van der Waals surface area contributed by atoms with Crippen molar-refractivity contribution in [1.29, 1.82) is 0 Å². The summed E-state index contributed by atoms with van der Waals surface area (Å²) >= 11 is 0. The molecule has 118 valence electrons. The number of methoxy groups -OCH3 is 1. The number of aliphatic hydroxyl groups is 1. The predicted molar refractivity (Wildman–Crippen MR) is 83.4 cm³/mol. The van der Waals surface area contributed by atoms with Crippen molar-refractivity contribution in [3.63, 3.8) is 0 Å². The molecule has 3 N–H and O–H groups in total. The zero-order valence-electron chi connectivity index (χ0n) is 13.1. The van der Waals surface area contributed by atoms with Crippen LogP contribution < -0.4 is 10.6 Å². The van der Waals surface area contributed by atoms with Crippen molar-refractivity contribution in [2.75, 3.05) is 31.4 Å². The summed E-state index contributed by atoms with van der Waals surface area (Å²) < 4.78 is 5.11. The fourth-order valence-electron chi connectivity index (χ4n) is 3.11. The molecule has 0 bridgehead atoms. The van der Waals surface area contributed by atoms with Crippen molar-refractivity contribution < 1.29 is 9.84 Å². The molecule has 2 unspecified atom stereocenters. The second-order valence-electron chi connectivity index (χ2n) is 6.00. The van der Waals surface area contributed by atoms with Gasteiger partial charge in [0.1, 0.15) is 18.2 Å². The molecule has 6 nitrogen and oxygen atoms in total. The monoisotopic (exact) mass is 294 g/mol. The Labute approximate surface area is 126 Å². The quantitative estimate of drug-likeness (QED) is 0.745. The molecule has 1 aliphatic rings. The third kappa shape index (κ3) is 4.04. The first-order chi connectivity index (χ1) is 10.1. The molecule has 2 atom stereocenters. The Balaban J connectivity index is 2.21. The van der Waals surface area contributed by atoms with Crippen LogP contribution in [0.15, 0.2) is 6.07 Å². The topological polar surface area (TPSA) is 79.3 Å². The Morgan fingerprint density at radius 1 is 1.43 bits per heavy atom. The number of hydrogen-bond donors (Lipinski definition) is 3. The van der Waals surface area contributed by atoms with Crippen LogP contribution in [-0.2, 0) is 11.3 Å². The van der Waals surface area contributed by atoms with Gasteiger partial charge in [-0.15, -0.1) is 0 Å². The number of rotatable bonds is 6. The van der Waals surface area contributed by atoms with Crippen LogP contribution in [0.2, 0.25) is 0 Å². The normalized spacial score (nSPS) is 25.6. The standard InChI is InChI=1S/C15H26N4O2/c1-11-5-4-6-15(8-11,10-20)19-13-7-12(16-2)17-14(18-13)9-21-3/h7,11,20H,4-6,8-10H2,1-3H3,(H2,16,17,18,19). The van der Waals surface area contributed by atoms with Crippen LogP contribution in [0, 0.1) is 5.92 Å². The van der Waals surface area contributed by atoms with Gasteiger partial charge >= 0.3 is 0 Å². The van der Waals surface area contributed by atoms with E-state index in [1.807, 2.05) is 13.1 Å². The fraction of sp³-hybridized carbons (Fsp3) is 0.733. The van der Waals surface area contributed by atoms with Gasteiger partial charge in [0.05, 0.1) is 12.1 Å². The smallest absolute Gasteiger partial charge is 0.158 e. The lowest BCUT2D eigenvalue weighted by Gasteiger charge is -2.39. The van der Waals surface area contributed by atoms with Crippen LogP contribution in [0.3, 0.4) is 0 Å². The largest absolute Gasteiger partial charge is 0.394 e. The van der Waals surface area contributed by atoms with Crippen LogP contribution in [0.25, 0.3) is 0 Å². The van der Waals surface area contributed by atoms with Gasteiger partial charge in [-0.25, -0.2) is 9.97 Å². The van der Waals surface area contributed by atoms with Gasteiger partial charge in [0, 0.05) is 20.2 Å². The summed E-state index contributed by atoms with van der Waals surface area (Å²) in [5.74, 6) is 2.73. The van der Waals surface area contributed by atoms with Gasteiger partial charge in [-0.3, -0.25) is 0 Å². The second-order valence-corrected chi connectivity index (χ2v) is 6.00. The van der Waals surface area contributed by atoms with E-state index in [4.69, 9.17) is 4.74 Å². The third-order valence-electron chi connectivity index (χ3n) is 4.09. The van der Waals surface area contributed by atoms with Gasteiger partial charge in [-0.2, -0.15) is 0 Å². The Bertz CT molecular complexity index is 469. The molecule has 1 aromatic rings. The number of hydrogen-bond acceptors (Lipinski definition) is 6. The van der Waals surface area contributed by atoms with Crippen molar-refractivity contribution >= 4 is 11.6 Å². The first kappa shape index (κ1) is 16.0. The molecular formula is C15H26N4O2. The summed E-state index contributed by atoms with van der Waals surface area (Å²) in [5.41, 5.74) is -0.276. The highest BCUT2D eigenvalue weighted by Gasteiger charge is 2.34. The lowest BCUT2D eigenvalue weighted by molar-refractivity contribution is 0.149. The molecule has 2 rings (SSSR count). The van der Waals surface area contributed by atoms with E-state index in [0.29, 0.717) is 18.3 Å². The zero-order valence-corrected chi connectivity index (χ0v) is 13.1. The van der Waals surface area contributed by atoms with Gasteiger partial charge in [-0.05, 0) is 18.8 Å². The molecule has 1 saturated carbocycles. The van der Waals surface area contributed by atoms with Gasteiger partial charge in [0.2, 0.25) is 0 Å². The maximum absolute atomic E-state index is 9.87. The first-order valence-electron chi connectivity index (χ1n) is 7.54. The molecule has 0 spiro atoms. The lowest BCUT2D eigenvalue weighted by Crippen LogP contribution is -2.46. The molecule has 0 saturated heterocycles. The van der Waals surface area contributed by atoms with Crippen molar-refractivity contribution in [1.82, 2.24) is 9.97 Å². The summed E-state index contributed by atoms with van der Waals surface area (Å²) in [6.07, 6.45) is 4.28. The number of nitrogens with zero attached hydrogens (tertiary/aromatic N) is 2.